The van der Waals surface area contributed by atoms with Crippen molar-refractivity contribution < 1.29 is 35.9 Å². The molecule has 0 radical (unpaired) electrons. The van der Waals surface area contributed by atoms with E-state index >= 15 is 0 Å². The molecule has 33 heavy (non-hydrogen) atoms. The van der Waals surface area contributed by atoms with Gasteiger partial charge in [0.1, 0.15) is 0 Å². The minimum absolute atomic E-state index is 0.0353. The minimum Gasteiger partial charge on any atom is -0.452 e. The number of carbonyl (C=O) groups is 2. The molecule has 0 spiro atoms. The number of esters is 1. The Morgan fingerprint density at radius 1 is 1.09 bits per heavy atom. The number of halogens is 3. The van der Waals surface area contributed by atoms with Crippen molar-refractivity contribution in [1.29, 1.82) is 0 Å². The first-order valence-corrected chi connectivity index (χ1v) is 11.7. The van der Waals surface area contributed by atoms with Gasteiger partial charge in [0, 0.05) is 18.8 Å². The summed E-state index contributed by atoms with van der Waals surface area (Å²) in [6, 6.07) is 9.22. The lowest BCUT2D eigenvalue weighted by Gasteiger charge is -2.29. The summed E-state index contributed by atoms with van der Waals surface area (Å²) in [6.07, 6.45) is -2.99. The number of amides is 1. The first-order chi connectivity index (χ1) is 15.5. The van der Waals surface area contributed by atoms with Crippen LogP contribution in [0.25, 0.3) is 0 Å². The number of sulfonamides is 1. The van der Waals surface area contributed by atoms with Crippen molar-refractivity contribution in [2.45, 2.75) is 30.8 Å². The lowest BCUT2D eigenvalue weighted by molar-refractivity contribution is -0.137. The summed E-state index contributed by atoms with van der Waals surface area (Å²) in [6.45, 7) is 2.23. The SMILES string of the molecule is CC1CCN(S(=O)(=O)c2ccc(C(=O)OCC(=O)Nc3cccc(C(F)(F)F)c3)cc2)CC1. The van der Waals surface area contributed by atoms with Gasteiger partial charge in [0.05, 0.1) is 16.0 Å². The van der Waals surface area contributed by atoms with Gasteiger partial charge in [-0.15, -0.1) is 0 Å². The number of carbonyl (C=O) groups excluding carboxylic acids is 2. The van der Waals surface area contributed by atoms with Gasteiger partial charge in [-0.25, -0.2) is 13.2 Å². The molecule has 0 atom stereocenters. The normalized spacial score (nSPS) is 15.8. The van der Waals surface area contributed by atoms with E-state index in [0.717, 1.165) is 31.0 Å². The number of anilines is 1. The smallest absolute Gasteiger partial charge is 0.416 e. The summed E-state index contributed by atoms with van der Waals surface area (Å²) in [7, 11) is -3.67. The summed E-state index contributed by atoms with van der Waals surface area (Å²) >= 11 is 0. The highest BCUT2D eigenvalue weighted by molar-refractivity contribution is 7.89. The maximum atomic E-state index is 12.7. The van der Waals surface area contributed by atoms with Gasteiger partial charge in [-0.1, -0.05) is 13.0 Å². The van der Waals surface area contributed by atoms with Gasteiger partial charge in [-0.05, 0) is 61.2 Å². The van der Waals surface area contributed by atoms with Crippen molar-refractivity contribution in [2.75, 3.05) is 25.0 Å². The second kappa shape index (κ2) is 9.92. The fraction of sp³-hybridized carbons (Fsp3) is 0.364. The largest absolute Gasteiger partial charge is 0.452 e. The number of hydrogen-bond donors (Lipinski definition) is 1. The van der Waals surface area contributed by atoms with Crippen LogP contribution in [0.1, 0.15) is 35.7 Å². The molecule has 0 bridgehead atoms. The van der Waals surface area contributed by atoms with Crippen LogP contribution in [0.2, 0.25) is 0 Å². The molecular formula is C22H23F3N2O5S. The van der Waals surface area contributed by atoms with Crippen LogP contribution in [0.5, 0.6) is 0 Å². The molecule has 0 aromatic heterocycles. The van der Waals surface area contributed by atoms with Crippen molar-refractivity contribution in [2.24, 2.45) is 5.92 Å². The third-order valence-electron chi connectivity index (χ3n) is 5.28. The number of piperidine rings is 1. The van der Waals surface area contributed by atoms with E-state index < -0.39 is 40.2 Å². The number of nitrogens with one attached hydrogen (secondary N) is 1. The predicted molar refractivity (Wildman–Crippen MR) is 114 cm³/mol. The van der Waals surface area contributed by atoms with Crippen molar-refractivity contribution in [1.82, 2.24) is 4.31 Å². The highest BCUT2D eigenvalue weighted by Gasteiger charge is 2.30. The third-order valence-corrected chi connectivity index (χ3v) is 7.19. The van der Waals surface area contributed by atoms with Gasteiger partial charge in [0.2, 0.25) is 10.0 Å². The third kappa shape index (κ3) is 6.32. The predicted octanol–water partition coefficient (Wildman–Crippen LogP) is 3.92. The standard InChI is InChI=1S/C22H23F3N2O5S/c1-15-9-11-27(12-10-15)33(30,31)19-7-5-16(6-8-19)21(29)32-14-20(28)26-18-4-2-3-17(13-18)22(23,24)25/h2-8,13,15H,9-12,14H2,1H3,(H,26,28). The van der Waals surface area contributed by atoms with E-state index in [1.165, 1.54) is 34.6 Å². The highest BCUT2D eigenvalue weighted by Crippen LogP contribution is 2.30. The van der Waals surface area contributed by atoms with E-state index in [0.29, 0.717) is 19.0 Å². The summed E-state index contributed by atoms with van der Waals surface area (Å²) < 4.78 is 70.0. The van der Waals surface area contributed by atoms with Gasteiger partial charge >= 0.3 is 12.1 Å². The molecular weight excluding hydrogens is 461 g/mol. The van der Waals surface area contributed by atoms with Crippen LogP contribution in [-0.4, -0.2) is 44.3 Å². The van der Waals surface area contributed by atoms with Crippen LogP contribution < -0.4 is 5.32 Å². The second-order valence-corrected chi connectivity index (χ2v) is 9.75. The van der Waals surface area contributed by atoms with Crippen molar-refractivity contribution >= 4 is 27.6 Å². The first kappa shape index (κ1) is 24.7. The Bertz CT molecular complexity index is 1110. The molecule has 0 aliphatic carbocycles. The molecule has 1 heterocycles. The molecule has 11 heteroatoms. The first-order valence-electron chi connectivity index (χ1n) is 10.2. The molecule has 2 aromatic rings. The Morgan fingerprint density at radius 2 is 1.73 bits per heavy atom. The number of nitrogens with zero attached hydrogens (tertiary/aromatic N) is 1. The summed E-state index contributed by atoms with van der Waals surface area (Å²) in [5, 5.41) is 2.23. The Balaban J connectivity index is 1.56. The maximum absolute atomic E-state index is 12.7. The van der Waals surface area contributed by atoms with Crippen molar-refractivity contribution in [3.05, 3.63) is 59.7 Å². The number of hydrogen-bond acceptors (Lipinski definition) is 5. The summed E-state index contributed by atoms with van der Waals surface area (Å²) in [4.78, 5) is 24.2. The maximum Gasteiger partial charge on any atom is 0.416 e. The molecule has 1 aliphatic rings. The fourth-order valence-corrected chi connectivity index (χ4v) is 4.79. The topological polar surface area (TPSA) is 92.8 Å². The quantitative estimate of drug-likeness (QED) is 0.628. The van der Waals surface area contributed by atoms with E-state index in [9.17, 15) is 31.2 Å². The zero-order valence-electron chi connectivity index (χ0n) is 17.8. The van der Waals surface area contributed by atoms with Crippen LogP contribution in [0.4, 0.5) is 18.9 Å². The van der Waals surface area contributed by atoms with E-state index in [1.807, 2.05) is 0 Å². The lowest BCUT2D eigenvalue weighted by atomic mass is 10.0. The molecule has 0 unspecified atom stereocenters. The van der Waals surface area contributed by atoms with Crippen LogP contribution in [0.3, 0.4) is 0 Å². The van der Waals surface area contributed by atoms with E-state index in [4.69, 9.17) is 4.74 Å². The van der Waals surface area contributed by atoms with E-state index in [1.54, 1.807) is 0 Å². The molecule has 178 valence electrons. The van der Waals surface area contributed by atoms with Crippen LogP contribution in [-0.2, 0) is 25.7 Å². The van der Waals surface area contributed by atoms with Crippen molar-refractivity contribution in [3.8, 4) is 0 Å². The number of alkyl halides is 3. The summed E-state index contributed by atoms with van der Waals surface area (Å²) in [5.74, 6) is -1.22. The molecule has 1 amide bonds. The zero-order valence-corrected chi connectivity index (χ0v) is 18.6. The van der Waals surface area contributed by atoms with Gasteiger partial charge in [0.25, 0.3) is 5.91 Å². The number of rotatable bonds is 6. The van der Waals surface area contributed by atoms with E-state index in [2.05, 4.69) is 12.2 Å². The lowest BCUT2D eigenvalue weighted by Crippen LogP contribution is -2.37. The Labute approximate surface area is 189 Å². The number of benzene rings is 2. The van der Waals surface area contributed by atoms with Crippen LogP contribution in [0.15, 0.2) is 53.4 Å². The van der Waals surface area contributed by atoms with Gasteiger partial charge in [-0.3, -0.25) is 4.79 Å². The van der Waals surface area contributed by atoms with Crippen LogP contribution >= 0.6 is 0 Å². The van der Waals surface area contributed by atoms with E-state index in [-0.39, 0.29) is 16.1 Å². The van der Waals surface area contributed by atoms with Gasteiger partial charge in [0.15, 0.2) is 6.61 Å². The molecule has 2 aromatic carbocycles. The number of ether oxygens (including phenoxy) is 1. The van der Waals surface area contributed by atoms with Crippen LogP contribution in [0, 0.1) is 5.92 Å². The summed E-state index contributed by atoms with van der Waals surface area (Å²) in [5.41, 5.74) is -0.980. The highest BCUT2D eigenvalue weighted by atomic mass is 32.2. The Morgan fingerprint density at radius 3 is 2.33 bits per heavy atom. The molecule has 1 saturated heterocycles. The average molecular weight is 484 g/mol. The van der Waals surface area contributed by atoms with Gasteiger partial charge in [-0.2, -0.15) is 17.5 Å². The fourth-order valence-electron chi connectivity index (χ4n) is 3.32. The average Bonchev–Trinajstić information content (AvgIpc) is 2.77. The van der Waals surface area contributed by atoms with Gasteiger partial charge < -0.3 is 10.1 Å². The Kier molecular flexibility index (Phi) is 7.43. The van der Waals surface area contributed by atoms with Crippen molar-refractivity contribution in [3.63, 3.8) is 0 Å². The molecule has 1 aliphatic heterocycles. The second-order valence-electron chi connectivity index (χ2n) is 7.81. The zero-order chi connectivity index (χ0) is 24.2. The molecule has 1 fully saturated rings. The molecule has 7 nitrogen and oxygen atoms in total. The molecule has 3 rings (SSSR count). The minimum atomic E-state index is -4.56. The molecule has 1 N–H and O–H groups in total. The molecule has 0 saturated carbocycles. The monoisotopic (exact) mass is 484 g/mol. The Hall–Kier alpha value is -2.92.